The number of nitrogens with one attached hydrogen (secondary N) is 2. The molecule has 0 atom stereocenters. The van der Waals surface area contributed by atoms with Gasteiger partial charge in [-0.3, -0.25) is 4.99 Å². The first-order valence-corrected chi connectivity index (χ1v) is 11.1. The van der Waals surface area contributed by atoms with E-state index in [9.17, 15) is 0 Å². The molecule has 0 bridgehead atoms. The quantitative estimate of drug-likeness (QED) is 0.206. The van der Waals surface area contributed by atoms with Crippen molar-refractivity contribution in [3.63, 3.8) is 0 Å². The monoisotopic (exact) mass is 537 g/mol. The van der Waals surface area contributed by atoms with Gasteiger partial charge in [0, 0.05) is 63.8 Å². The third-order valence-electron chi connectivity index (χ3n) is 5.06. The Kier molecular flexibility index (Phi) is 13.0. The highest BCUT2D eigenvalue weighted by Crippen LogP contribution is 2.32. The normalized spacial score (nSPS) is 16.1. The first kappa shape index (κ1) is 26.3. The zero-order chi connectivity index (χ0) is 20.2. The van der Waals surface area contributed by atoms with E-state index in [-0.39, 0.29) is 28.7 Å². The van der Waals surface area contributed by atoms with Gasteiger partial charge in [-0.05, 0) is 37.7 Å². The van der Waals surface area contributed by atoms with Gasteiger partial charge in [0.25, 0.3) is 0 Å². The van der Waals surface area contributed by atoms with Crippen molar-refractivity contribution in [2.24, 2.45) is 4.99 Å². The van der Waals surface area contributed by atoms with E-state index in [1.807, 2.05) is 18.8 Å². The van der Waals surface area contributed by atoms with Gasteiger partial charge in [0.2, 0.25) is 0 Å². The van der Waals surface area contributed by atoms with Gasteiger partial charge in [-0.2, -0.15) is 11.8 Å². The average Bonchev–Trinajstić information content (AvgIpc) is 2.73. The Morgan fingerprint density at radius 2 is 2.00 bits per heavy atom. The summed E-state index contributed by atoms with van der Waals surface area (Å²) in [6.45, 7) is 6.65. The van der Waals surface area contributed by atoms with Gasteiger partial charge in [-0.25, -0.2) is 0 Å². The molecule has 0 aromatic heterocycles. The molecule has 1 heterocycles. The highest BCUT2D eigenvalue weighted by atomic mass is 127. The SMILES string of the molecule is CN=C(NCc1ccc(C)cc1OCCCOC)NCC1(SC)CCOCC1.I. The lowest BCUT2D eigenvalue weighted by Crippen LogP contribution is -2.47. The molecule has 0 unspecified atom stereocenters. The zero-order valence-corrected chi connectivity index (χ0v) is 21.2. The minimum atomic E-state index is 0. The van der Waals surface area contributed by atoms with Crippen LogP contribution in [-0.4, -0.2) is 64.1 Å². The summed E-state index contributed by atoms with van der Waals surface area (Å²) in [6, 6.07) is 6.31. The summed E-state index contributed by atoms with van der Waals surface area (Å²) in [4.78, 5) is 4.38. The molecule has 1 fully saturated rings. The number of halogens is 1. The second kappa shape index (κ2) is 14.3. The van der Waals surface area contributed by atoms with Crippen molar-refractivity contribution >= 4 is 41.7 Å². The molecule has 1 aliphatic rings. The van der Waals surface area contributed by atoms with E-state index >= 15 is 0 Å². The third kappa shape index (κ3) is 8.90. The number of thioether (sulfide) groups is 1. The van der Waals surface area contributed by atoms with Crippen molar-refractivity contribution in [1.29, 1.82) is 0 Å². The maximum Gasteiger partial charge on any atom is 0.191 e. The topological polar surface area (TPSA) is 64.1 Å². The van der Waals surface area contributed by atoms with Crippen molar-refractivity contribution in [1.82, 2.24) is 10.6 Å². The smallest absolute Gasteiger partial charge is 0.191 e. The molecule has 1 saturated heterocycles. The summed E-state index contributed by atoms with van der Waals surface area (Å²) in [5, 5.41) is 6.92. The van der Waals surface area contributed by atoms with Crippen molar-refractivity contribution in [2.45, 2.75) is 37.5 Å². The lowest BCUT2D eigenvalue weighted by atomic mass is 9.99. The van der Waals surface area contributed by atoms with Crippen LogP contribution in [0.4, 0.5) is 0 Å². The molecule has 29 heavy (non-hydrogen) atoms. The predicted octanol–water partition coefficient (Wildman–Crippen LogP) is 3.61. The van der Waals surface area contributed by atoms with Crippen LogP contribution in [0.3, 0.4) is 0 Å². The molecule has 0 saturated carbocycles. The van der Waals surface area contributed by atoms with Gasteiger partial charge in [-0.15, -0.1) is 24.0 Å². The number of benzene rings is 1. The summed E-state index contributed by atoms with van der Waals surface area (Å²) < 4.78 is 16.8. The largest absolute Gasteiger partial charge is 0.493 e. The molecule has 166 valence electrons. The van der Waals surface area contributed by atoms with E-state index < -0.39 is 0 Å². The van der Waals surface area contributed by atoms with Gasteiger partial charge in [0.05, 0.1) is 6.61 Å². The number of nitrogens with zero attached hydrogens (tertiary/aromatic N) is 1. The lowest BCUT2D eigenvalue weighted by Gasteiger charge is -2.36. The maximum absolute atomic E-state index is 5.98. The molecule has 1 aromatic carbocycles. The van der Waals surface area contributed by atoms with E-state index in [1.54, 1.807) is 7.11 Å². The molecule has 0 aliphatic carbocycles. The lowest BCUT2D eigenvalue weighted by molar-refractivity contribution is 0.0783. The molecule has 2 N–H and O–H groups in total. The molecular weight excluding hydrogens is 501 g/mol. The van der Waals surface area contributed by atoms with E-state index in [4.69, 9.17) is 14.2 Å². The highest BCUT2D eigenvalue weighted by molar-refractivity contribution is 14.0. The van der Waals surface area contributed by atoms with Gasteiger partial charge >= 0.3 is 0 Å². The number of aryl methyl sites for hydroxylation is 1. The average molecular weight is 538 g/mol. The van der Waals surface area contributed by atoms with Gasteiger partial charge in [-0.1, -0.05) is 12.1 Å². The van der Waals surface area contributed by atoms with E-state index in [0.29, 0.717) is 19.8 Å². The summed E-state index contributed by atoms with van der Waals surface area (Å²) in [5.74, 6) is 1.73. The summed E-state index contributed by atoms with van der Waals surface area (Å²) >= 11 is 1.92. The van der Waals surface area contributed by atoms with Crippen LogP contribution in [0, 0.1) is 6.92 Å². The van der Waals surface area contributed by atoms with Crippen molar-refractivity contribution in [3.8, 4) is 5.75 Å². The molecule has 6 nitrogen and oxygen atoms in total. The van der Waals surface area contributed by atoms with Gasteiger partial charge < -0.3 is 24.8 Å². The summed E-state index contributed by atoms with van der Waals surface area (Å²) in [6.07, 6.45) is 5.19. The van der Waals surface area contributed by atoms with Gasteiger partial charge in [0.15, 0.2) is 5.96 Å². The Balaban J connectivity index is 0.00000420. The van der Waals surface area contributed by atoms with E-state index in [1.165, 1.54) is 5.56 Å². The molecule has 0 amide bonds. The molecular formula is C21H36IN3O3S. The molecule has 8 heteroatoms. The summed E-state index contributed by atoms with van der Waals surface area (Å²) in [7, 11) is 3.52. The Hall–Kier alpha value is -0.710. The number of ether oxygens (including phenoxy) is 3. The van der Waals surface area contributed by atoms with E-state index in [0.717, 1.165) is 56.3 Å². The number of aliphatic imine (C=N–C) groups is 1. The minimum Gasteiger partial charge on any atom is -0.493 e. The fraction of sp³-hybridized carbons (Fsp3) is 0.667. The standard InChI is InChI=1S/C21H35N3O3S.HI/c1-17-6-7-18(19(14-17)27-11-5-10-25-3)15-23-20(22-2)24-16-21(28-4)8-12-26-13-9-21;/h6-7,14H,5,8-13,15-16H2,1-4H3,(H2,22,23,24);1H. The minimum absolute atomic E-state index is 0. The highest BCUT2D eigenvalue weighted by Gasteiger charge is 2.31. The van der Waals surface area contributed by atoms with Crippen LogP contribution < -0.4 is 15.4 Å². The van der Waals surface area contributed by atoms with Crippen molar-refractivity contribution < 1.29 is 14.2 Å². The molecule has 1 aliphatic heterocycles. The van der Waals surface area contributed by atoms with Crippen LogP contribution in [0.15, 0.2) is 23.2 Å². The number of hydrogen-bond acceptors (Lipinski definition) is 5. The summed E-state index contributed by atoms with van der Waals surface area (Å²) in [5.41, 5.74) is 2.31. The Morgan fingerprint density at radius 3 is 2.66 bits per heavy atom. The zero-order valence-electron chi connectivity index (χ0n) is 18.1. The fourth-order valence-corrected chi connectivity index (χ4v) is 3.96. The second-order valence-corrected chi connectivity index (χ2v) is 8.36. The van der Waals surface area contributed by atoms with Crippen molar-refractivity contribution in [2.75, 3.05) is 53.4 Å². The molecule has 0 spiro atoms. The van der Waals surface area contributed by atoms with Crippen LogP contribution in [0.2, 0.25) is 0 Å². The predicted molar refractivity (Wildman–Crippen MR) is 133 cm³/mol. The first-order chi connectivity index (χ1) is 13.6. The number of hydrogen-bond donors (Lipinski definition) is 2. The number of methoxy groups -OCH3 is 1. The molecule has 2 rings (SSSR count). The van der Waals surface area contributed by atoms with E-state index in [2.05, 4.69) is 47.0 Å². The van der Waals surface area contributed by atoms with Gasteiger partial charge in [0.1, 0.15) is 5.75 Å². The van der Waals surface area contributed by atoms with Crippen LogP contribution in [0.1, 0.15) is 30.4 Å². The number of guanidine groups is 1. The maximum atomic E-state index is 5.98. The second-order valence-electron chi connectivity index (χ2n) is 7.08. The Bertz CT molecular complexity index is 625. The molecule has 1 aromatic rings. The molecule has 0 radical (unpaired) electrons. The van der Waals surface area contributed by atoms with Crippen LogP contribution in [0.25, 0.3) is 0 Å². The van der Waals surface area contributed by atoms with Crippen molar-refractivity contribution in [3.05, 3.63) is 29.3 Å². The first-order valence-electron chi connectivity index (χ1n) is 9.91. The fourth-order valence-electron chi connectivity index (χ4n) is 3.17. The van der Waals surface area contributed by atoms with Crippen LogP contribution in [0.5, 0.6) is 5.75 Å². The third-order valence-corrected chi connectivity index (χ3v) is 6.48. The number of rotatable bonds is 10. The Labute approximate surface area is 197 Å². The Morgan fingerprint density at radius 1 is 1.24 bits per heavy atom. The van der Waals surface area contributed by atoms with Crippen LogP contribution >= 0.6 is 35.7 Å². The van der Waals surface area contributed by atoms with Crippen LogP contribution in [-0.2, 0) is 16.0 Å².